The summed E-state index contributed by atoms with van der Waals surface area (Å²) < 4.78 is 5.63. The van der Waals surface area contributed by atoms with Crippen molar-refractivity contribution in [1.29, 1.82) is 0 Å². The molecule has 0 aliphatic heterocycles. The number of halogens is 1. The Labute approximate surface area is 101 Å². The van der Waals surface area contributed by atoms with E-state index in [1.54, 1.807) is 6.07 Å². The van der Waals surface area contributed by atoms with E-state index in [2.05, 4.69) is 20.6 Å². The number of hydrogen-bond acceptors (Lipinski definition) is 4. The molecule has 0 unspecified atom stereocenters. The van der Waals surface area contributed by atoms with E-state index in [9.17, 15) is 0 Å². The van der Waals surface area contributed by atoms with Crippen LogP contribution in [0.15, 0.2) is 40.8 Å². The largest absolute Gasteiger partial charge is 0.453 e. The summed E-state index contributed by atoms with van der Waals surface area (Å²) in [6.07, 6.45) is 0. The molecule has 17 heavy (non-hydrogen) atoms. The van der Waals surface area contributed by atoms with Gasteiger partial charge in [-0.15, -0.1) is 10.2 Å². The van der Waals surface area contributed by atoms with E-state index in [4.69, 9.17) is 16.0 Å². The van der Waals surface area contributed by atoms with Gasteiger partial charge < -0.3 is 4.42 Å². The van der Waals surface area contributed by atoms with Crippen LogP contribution in [0, 0.1) is 0 Å². The van der Waals surface area contributed by atoms with Crippen LogP contribution in [-0.4, -0.2) is 20.6 Å². The van der Waals surface area contributed by atoms with Gasteiger partial charge in [0, 0.05) is 10.6 Å². The maximum absolute atomic E-state index is 5.82. The molecule has 1 N–H and O–H groups in total. The lowest BCUT2D eigenvalue weighted by molar-refractivity contribution is 0.592. The highest BCUT2D eigenvalue weighted by molar-refractivity contribution is 6.30. The summed E-state index contributed by atoms with van der Waals surface area (Å²) >= 11 is 5.82. The molecule has 0 saturated carbocycles. The summed E-state index contributed by atoms with van der Waals surface area (Å²) in [4.78, 5) is 0. The summed E-state index contributed by atoms with van der Waals surface area (Å²) in [5.74, 6) is 1.75. The minimum absolute atomic E-state index is 0.435. The molecule has 5 nitrogen and oxygen atoms in total. The van der Waals surface area contributed by atoms with Crippen molar-refractivity contribution in [3.8, 4) is 22.9 Å². The highest BCUT2D eigenvalue weighted by atomic mass is 35.5. The van der Waals surface area contributed by atoms with Gasteiger partial charge in [-0.2, -0.15) is 5.21 Å². The van der Waals surface area contributed by atoms with Crippen LogP contribution in [-0.2, 0) is 0 Å². The van der Waals surface area contributed by atoms with Crippen molar-refractivity contribution in [1.82, 2.24) is 20.6 Å². The Balaban J connectivity index is 1.98. The van der Waals surface area contributed by atoms with E-state index in [0.717, 1.165) is 11.3 Å². The molecule has 3 rings (SSSR count). The highest BCUT2D eigenvalue weighted by Gasteiger charge is 2.09. The van der Waals surface area contributed by atoms with Crippen molar-refractivity contribution < 1.29 is 4.42 Å². The number of benzene rings is 1. The van der Waals surface area contributed by atoms with Gasteiger partial charge >= 0.3 is 0 Å². The molecule has 0 fully saturated rings. The monoisotopic (exact) mass is 246 g/mol. The Bertz CT molecular complexity index is 615. The van der Waals surface area contributed by atoms with Crippen LogP contribution in [0.2, 0.25) is 5.02 Å². The third-order valence-corrected chi connectivity index (χ3v) is 2.55. The summed E-state index contributed by atoms with van der Waals surface area (Å²) in [5, 5.41) is 14.2. The molecule has 2 aromatic heterocycles. The lowest BCUT2D eigenvalue weighted by atomic mass is 10.2. The molecule has 0 saturated heterocycles. The molecule has 0 atom stereocenters. The number of nitrogens with zero attached hydrogens (tertiary/aromatic N) is 3. The summed E-state index contributed by atoms with van der Waals surface area (Å²) in [6, 6.07) is 11.1. The van der Waals surface area contributed by atoms with Gasteiger partial charge in [0.2, 0.25) is 5.82 Å². The third-order valence-electron chi connectivity index (χ3n) is 2.30. The average molecular weight is 247 g/mol. The number of furan rings is 1. The predicted octanol–water partition coefficient (Wildman–Crippen LogP) is 2.78. The maximum Gasteiger partial charge on any atom is 0.239 e. The zero-order valence-corrected chi connectivity index (χ0v) is 9.35. The van der Waals surface area contributed by atoms with Crippen molar-refractivity contribution in [3.63, 3.8) is 0 Å². The van der Waals surface area contributed by atoms with Crippen molar-refractivity contribution in [3.05, 3.63) is 41.4 Å². The molecule has 0 spiro atoms. The first-order chi connectivity index (χ1) is 8.33. The minimum Gasteiger partial charge on any atom is -0.453 e. The molecular weight excluding hydrogens is 240 g/mol. The molecular formula is C11H7ClN4O. The molecule has 0 radical (unpaired) electrons. The topological polar surface area (TPSA) is 67.6 Å². The Morgan fingerprint density at radius 2 is 1.76 bits per heavy atom. The van der Waals surface area contributed by atoms with Crippen LogP contribution >= 0.6 is 11.6 Å². The molecule has 2 heterocycles. The number of aromatic nitrogens is 4. The standard InChI is InChI=1S/C11H7ClN4O/c12-8-3-1-7(2-4-8)9-5-6-10(17-9)11-13-15-16-14-11/h1-6H,(H,13,14,15,16). The number of rotatable bonds is 2. The highest BCUT2D eigenvalue weighted by Crippen LogP contribution is 2.26. The maximum atomic E-state index is 5.82. The van der Waals surface area contributed by atoms with E-state index in [-0.39, 0.29) is 0 Å². The van der Waals surface area contributed by atoms with Gasteiger partial charge in [0.05, 0.1) is 0 Å². The van der Waals surface area contributed by atoms with Crippen molar-refractivity contribution in [2.24, 2.45) is 0 Å². The van der Waals surface area contributed by atoms with Gasteiger partial charge in [0.15, 0.2) is 5.76 Å². The number of aromatic amines is 1. The summed E-state index contributed by atoms with van der Waals surface area (Å²) in [6.45, 7) is 0. The molecule has 0 bridgehead atoms. The zero-order chi connectivity index (χ0) is 11.7. The van der Waals surface area contributed by atoms with Crippen LogP contribution in [0.25, 0.3) is 22.9 Å². The predicted molar refractivity (Wildman–Crippen MR) is 62.3 cm³/mol. The van der Waals surface area contributed by atoms with Gasteiger partial charge in [-0.05, 0) is 41.6 Å². The Hall–Kier alpha value is -2.14. The SMILES string of the molecule is Clc1ccc(-c2ccc(-c3nn[nH]n3)o2)cc1. The normalized spacial score (nSPS) is 10.6. The zero-order valence-electron chi connectivity index (χ0n) is 8.59. The smallest absolute Gasteiger partial charge is 0.239 e. The van der Waals surface area contributed by atoms with Crippen LogP contribution in [0.5, 0.6) is 0 Å². The van der Waals surface area contributed by atoms with Gasteiger partial charge in [-0.1, -0.05) is 11.6 Å². The minimum atomic E-state index is 0.435. The Morgan fingerprint density at radius 3 is 2.47 bits per heavy atom. The van der Waals surface area contributed by atoms with Gasteiger partial charge in [-0.3, -0.25) is 0 Å². The fraction of sp³-hybridized carbons (Fsp3) is 0. The molecule has 1 aromatic carbocycles. The van der Waals surface area contributed by atoms with E-state index in [1.165, 1.54) is 0 Å². The van der Waals surface area contributed by atoms with E-state index < -0.39 is 0 Å². The molecule has 0 aliphatic carbocycles. The molecule has 0 amide bonds. The average Bonchev–Trinajstić information content (AvgIpc) is 3.00. The first-order valence-corrected chi connectivity index (χ1v) is 5.30. The Morgan fingerprint density at radius 1 is 1.00 bits per heavy atom. The van der Waals surface area contributed by atoms with Crippen molar-refractivity contribution in [2.45, 2.75) is 0 Å². The van der Waals surface area contributed by atoms with Crippen LogP contribution < -0.4 is 0 Å². The lowest BCUT2D eigenvalue weighted by Gasteiger charge is -1.96. The fourth-order valence-electron chi connectivity index (χ4n) is 1.49. The van der Waals surface area contributed by atoms with Crippen LogP contribution in [0.1, 0.15) is 0 Å². The van der Waals surface area contributed by atoms with Crippen molar-refractivity contribution >= 4 is 11.6 Å². The number of tetrazole rings is 1. The second-order valence-corrected chi connectivity index (χ2v) is 3.84. The second-order valence-electron chi connectivity index (χ2n) is 3.41. The quantitative estimate of drug-likeness (QED) is 0.755. The molecule has 6 heteroatoms. The fourth-order valence-corrected chi connectivity index (χ4v) is 1.62. The summed E-state index contributed by atoms with van der Waals surface area (Å²) in [7, 11) is 0. The van der Waals surface area contributed by atoms with E-state index in [1.807, 2.05) is 30.3 Å². The van der Waals surface area contributed by atoms with Gasteiger partial charge in [-0.25, -0.2) is 0 Å². The summed E-state index contributed by atoms with van der Waals surface area (Å²) in [5.41, 5.74) is 0.948. The molecule has 3 aromatic rings. The number of H-pyrrole nitrogens is 1. The van der Waals surface area contributed by atoms with Crippen LogP contribution in [0.3, 0.4) is 0 Å². The van der Waals surface area contributed by atoms with E-state index in [0.29, 0.717) is 16.6 Å². The van der Waals surface area contributed by atoms with Crippen LogP contribution in [0.4, 0.5) is 0 Å². The Kier molecular flexibility index (Phi) is 2.38. The van der Waals surface area contributed by atoms with Crippen molar-refractivity contribution in [2.75, 3.05) is 0 Å². The van der Waals surface area contributed by atoms with Gasteiger partial charge in [0.1, 0.15) is 5.76 Å². The molecule has 0 aliphatic rings. The van der Waals surface area contributed by atoms with E-state index >= 15 is 0 Å². The number of hydrogen-bond donors (Lipinski definition) is 1. The molecule has 84 valence electrons. The first-order valence-electron chi connectivity index (χ1n) is 4.92. The first kappa shape index (κ1) is 10.0. The number of nitrogens with one attached hydrogen (secondary N) is 1. The lowest BCUT2D eigenvalue weighted by Crippen LogP contribution is -1.76. The van der Waals surface area contributed by atoms with Gasteiger partial charge in [0.25, 0.3) is 0 Å². The third kappa shape index (κ3) is 1.92. The second kappa shape index (κ2) is 4.03.